The molecule has 84 valence electrons. The van der Waals surface area contributed by atoms with Gasteiger partial charge in [-0.2, -0.15) is 0 Å². The Hall–Kier alpha value is -1.33. The molecule has 1 aromatic carbocycles. The van der Waals surface area contributed by atoms with Crippen molar-refractivity contribution in [3.63, 3.8) is 0 Å². The lowest BCUT2D eigenvalue weighted by atomic mass is 10.1. The van der Waals surface area contributed by atoms with E-state index < -0.39 is 5.82 Å². The molecular formula is C10H14FNO3. The number of ether oxygens (including phenoxy) is 2. The van der Waals surface area contributed by atoms with Crippen LogP contribution in [0, 0.1) is 5.82 Å². The molecule has 0 saturated heterocycles. The highest BCUT2D eigenvalue weighted by Gasteiger charge is 2.11. The van der Waals surface area contributed by atoms with Gasteiger partial charge in [-0.25, -0.2) is 10.3 Å². The van der Waals surface area contributed by atoms with E-state index in [0.29, 0.717) is 18.8 Å². The molecule has 5 heteroatoms. The number of rotatable bonds is 5. The molecule has 0 spiro atoms. The van der Waals surface area contributed by atoms with Gasteiger partial charge in [-0.3, -0.25) is 0 Å². The van der Waals surface area contributed by atoms with E-state index in [1.54, 1.807) is 6.07 Å². The number of benzene rings is 1. The first-order chi connectivity index (χ1) is 7.22. The lowest BCUT2D eigenvalue weighted by Crippen LogP contribution is -2.04. The normalized spacial score (nSPS) is 10.1. The molecule has 1 rings (SSSR count). The van der Waals surface area contributed by atoms with Crippen LogP contribution in [0.4, 0.5) is 4.39 Å². The predicted molar refractivity (Wildman–Crippen MR) is 53.3 cm³/mol. The number of halogens is 1. The fourth-order valence-electron chi connectivity index (χ4n) is 1.29. The van der Waals surface area contributed by atoms with Crippen LogP contribution in [0.2, 0.25) is 0 Å². The molecule has 4 nitrogen and oxygen atoms in total. The largest absolute Gasteiger partial charge is 0.493 e. The molecule has 0 saturated carbocycles. The highest BCUT2D eigenvalue weighted by atomic mass is 19.1. The molecular weight excluding hydrogens is 201 g/mol. The van der Waals surface area contributed by atoms with E-state index in [1.807, 2.05) is 0 Å². The topological polar surface area (TPSA) is 53.7 Å². The summed E-state index contributed by atoms with van der Waals surface area (Å²) >= 11 is 0. The summed E-state index contributed by atoms with van der Waals surface area (Å²) < 4.78 is 23.3. The summed E-state index contributed by atoms with van der Waals surface area (Å²) in [5, 5.41) is 0. The molecule has 0 heterocycles. The first-order valence-electron chi connectivity index (χ1n) is 4.45. The Morgan fingerprint density at radius 1 is 1.27 bits per heavy atom. The third-order valence-electron chi connectivity index (χ3n) is 2.00. The molecule has 0 atom stereocenters. The monoisotopic (exact) mass is 215 g/mol. The Labute approximate surface area is 87.7 Å². The molecule has 0 fully saturated rings. The highest BCUT2D eigenvalue weighted by Crippen LogP contribution is 2.31. The standard InChI is InChI=1S/C10H14FNO3/c1-13-9-6-7(3-4-15-12)5-8(11)10(9)14-2/h5-6H,3-4,12H2,1-2H3. The van der Waals surface area contributed by atoms with Crippen molar-refractivity contribution < 1.29 is 18.7 Å². The van der Waals surface area contributed by atoms with Crippen molar-refractivity contribution in [1.29, 1.82) is 0 Å². The molecule has 0 aliphatic carbocycles. The number of methoxy groups -OCH3 is 2. The third-order valence-corrected chi connectivity index (χ3v) is 2.00. The summed E-state index contributed by atoms with van der Waals surface area (Å²) in [6.45, 7) is 0.328. The maximum atomic E-state index is 13.4. The van der Waals surface area contributed by atoms with Gasteiger partial charge in [0.05, 0.1) is 20.8 Å². The fraction of sp³-hybridized carbons (Fsp3) is 0.400. The number of hydrogen-bond donors (Lipinski definition) is 1. The van der Waals surface area contributed by atoms with Gasteiger partial charge in [-0.1, -0.05) is 0 Å². The van der Waals surface area contributed by atoms with Crippen LogP contribution in [0.25, 0.3) is 0 Å². The first-order valence-corrected chi connectivity index (χ1v) is 4.45. The van der Waals surface area contributed by atoms with Crippen LogP contribution in [0.5, 0.6) is 11.5 Å². The smallest absolute Gasteiger partial charge is 0.196 e. The lowest BCUT2D eigenvalue weighted by molar-refractivity contribution is 0.141. The maximum Gasteiger partial charge on any atom is 0.196 e. The van der Waals surface area contributed by atoms with E-state index >= 15 is 0 Å². The lowest BCUT2D eigenvalue weighted by Gasteiger charge is -2.10. The highest BCUT2D eigenvalue weighted by molar-refractivity contribution is 5.44. The molecule has 0 unspecified atom stereocenters. The average molecular weight is 215 g/mol. The van der Waals surface area contributed by atoms with E-state index in [1.165, 1.54) is 20.3 Å². The summed E-state index contributed by atoms with van der Waals surface area (Å²) in [6.07, 6.45) is 0.522. The Morgan fingerprint density at radius 3 is 2.53 bits per heavy atom. The van der Waals surface area contributed by atoms with Crippen molar-refractivity contribution in [3.05, 3.63) is 23.5 Å². The second-order valence-corrected chi connectivity index (χ2v) is 2.93. The zero-order chi connectivity index (χ0) is 11.3. The minimum atomic E-state index is -0.455. The quantitative estimate of drug-likeness (QED) is 0.752. The van der Waals surface area contributed by atoms with Gasteiger partial charge in [0.2, 0.25) is 0 Å². The van der Waals surface area contributed by atoms with Gasteiger partial charge >= 0.3 is 0 Å². The van der Waals surface area contributed by atoms with E-state index in [-0.39, 0.29) is 5.75 Å². The Balaban J connectivity index is 2.97. The zero-order valence-corrected chi connectivity index (χ0v) is 8.75. The predicted octanol–water partition coefficient (Wildman–Crippen LogP) is 1.28. The van der Waals surface area contributed by atoms with Crippen LogP contribution < -0.4 is 15.4 Å². The fourth-order valence-corrected chi connectivity index (χ4v) is 1.29. The van der Waals surface area contributed by atoms with Crippen molar-refractivity contribution in [1.82, 2.24) is 0 Å². The molecule has 0 amide bonds. The van der Waals surface area contributed by atoms with Crippen LogP contribution in [0.1, 0.15) is 5.56 Å². The van der Waals surface area contributed by atoms with Crippen molar-refractivity contribution in [3.8, 4) is 11.5 Å². The minimum absolute atomic E-state index is 0.106. The summed E-state index contributed by atoms with van der Waals surface area (Å²) in [4.78, 5) is 4.42. The van der Waals surface area contributed by atoms with Crippen molar-refractivity contribution in [2.45, 2.75) is 6.42 Å². The summed E-state index contributed by atoms with van der Waals surface area (Å²) in [5.74, 6) is 4.91. The van der Waals surface area contributed by atoms with Crippen molar-refractivity contribution in [2.24, 2.45) is 5.90 Å². The van der Waals surface area contributed by atoms with Gasteiger partial charge in [-0.05, 0) is 24.1 Å². The second kappa shape index (κ2) is 5.53. The van der Waals surface area contributed by atoms with Gasteiger partial charge < -0.3 is 14.3 Å². The van der Waals surface area contributed by atoms with Crippen molar-refractivity contribution >= 4 is 0 Å². The maximum absolute atomic E-state index is 13.4. The molecule has 2 N–H and O–H groups in total. The van der Waals surface area contributed by atoms with Gasteiger partial charge in [0.15, 0.2) is 17.3 Å². The SMILES string of the molecule is COc1cc(CCON)cc(F)c1OC. The second-order valence-electron chi connectivity index (χ2n) is 2.93. The molecule has 0 aliphatic rings. The first kappa shape index (κ1) is 11.7. The van der Waals surface area contributed by atoms with Crippen molar-refractivity contribution in [2.75, 3.05) is 20.8 Å². The van der Waals surface area contributed by atoms with E-state index in [4.69, 9.17) is 15.4 Å². The number of nitrogens with two attached hydrogens (primary N) is 1. The summed E-state index contributed by atoms with van der Waals surface area (Å²) in [6, 6.07) is 3.07. The molecule has 0 radical (unpaired) electrons. The zero-order valence-electron chi connectivity index (χ0n) is 8.75. The van der Waals surface area contributed by atoms with Gasteiger partial charge in [0.25, 0.3) is 0 Å². The Morgan fingerprint density at radius 2 is 2.00 bits per heavy atom. The van der Waals surface area contributed by atoms with E-state index in [0.717, 1.165) is 5.56 Å². The van der Waals surface area contributed by atoms with Crippen LogP contribution in [0.3, 0.4) is 0 Å². The Kier molecular flexibility index (Phi) is 4.33. The molecule has 1 aromatic rings. The van der Waals surface area contributed by atoms with Gasteiger partial charge in [-0.15, -0.1) is 0 Å². The van der Waals surface area contributed by atoms with Gasteiger partial charge in [0, 0.05) is 0 Å². The Bertz CT molecular complexity index is 331. The van der Waals surface area contributed by atoms with Crippen LogP contribution in [-0.4, -0.2) is 20.8 Å². The summed E-state index contributed by atoms with van der Waals surface area (Å²) in [7, 11) is 2.85. The van der Waals surface area contributed by atoms with Crippen LogP contribution in [0.15, 0.2) is 12.1 Å². The molecule has 0 bridgehead atoms. The minimum Gasteiger partial charge on any atom is -0.493 e. The summed E-state index contributed by atoms with van der Waals surface area (Å²) in [5.41, 5.74) is 0.746. The van der Waals surface area contributed by atoms with E-state index in [2.05, 4.69) is 4.84 Å². The van der Waals surface area contributed by atoms with Gasteiger partial charge in [0.1, 0.15) is 0 Å². The average Bonchev–Trinajstić information content (AvgIpc) is 2.25. The molecule has 0 aromatic heterocycles. The molecule has 15 heavy (non-hydrogen) atoms. The van der Waals surface area contributed by atoms with Crippen LogP contribution >= 0.6 is 0 Å². The number of hydrogen-bond acceptors (Lipinski definition) is 4. The third kappa shape index (κ3) is 2.81. The van der Waals surface area contributed by atoms with Crippen LogP contribution in [-0.2, 0) is 11.3 Å². The van der Waals surface area contributed by atoms with E-state index in [9.17, 15) is 4.39 Å². The molecule has 0 aliphatic heterocycles.